The maximum atomic E-state index is 11.6. The summed E-state index contributed by atoms with van der Waals surface area (Å²) in [7, 11) is 0. The molecule has 0 aromatic rings. The number of carboxylic acid groups (broad SMARTS) is 1. The number of ether oxygens (including phenoxy) is 1. The number of carbonyl (C=O) groups is 2. The van der Waals surface area contributed by atoms with E-state index in [4.69, 9.17) is 9.84 Å². The molecular weight excluding hydrogens is 278 g/mol. The SMILES string of the molecule is CCC(C)CSCCC(NC(=O)OC(C)(C)C)C(=O)O. The lowest BCUT2D eigenvalue weighted by molar-refractivity contribution is -0.139. The Kier molecular flexibility index (Phi) is 8.69. The number of carbonyl (C=O) groups excluding carboxylic acids is 1. The Labute approximate surface area is 125 Å². The van der Waals surface area contributed by atoms with Gasteiger partial charge in [-0.1, -0.05) is 20.3 Å². The average molecular weight is 305 g/mol. The number of aliphatic carboxylic acids is 1. The van der Waals surface area contributed by atoms with E-state index in [9.17, 15) is 9.59 Å². The highest BCUT2D eigenvalue weighted by molar-refractivity contribution is 7.99. The summed E-state index contributed by atoms with van der Waals surface area (Å²) < 4.78 is 5.06. The van der Waals surface area contributed by atoms with Crippen molar-refractivity contribution in [1.29, 1.82) is 0 Å². The fourth-order valence-corrected chi connectivity index (χ4v) is 2.52. The van der Waals surface area contributed by atoms with Crippen LogP contribution < -0.4 is 5.32 Å². The van der Waals surface area contributed by atoms with Gasteiger partial charge in [-0.25, -0.2) is 9.59 Å². The molecule has 2 atom stereocenters. The van der Waals surface area contributed by atoms with E-state index in [1.807, 2.05) is 0 Å². The van der Waals surface area contributed by atoms with E-state index < -0.39 is 23.7 Å². The van der Waals surface area contributed by atoms with Crippen LogP contribution in [0.25, 0.3) is 0 Å². The van der Waals surface area contributed by atoms with E-state index in [-0.39, 0.29) is 0 Å². The summed E-state index contributed by atoms with van der Waals surface area (Å²) in [6.45, 7) is 9.52. The number of carboxylic acids is 1. The van der Waals surface area contributed by atoms with E-state index in [0.29, 0.717) is 18.1 Å². The maximum absolute atomic E-state index is 11.6. The molecule has 0 aromatic heterocycles. The molecule has 0 fully saturated rings. The molecule has 118 valence electrons. The summed E-state index contributed by atoms with van der Waals surface area (Å²) in [5.41, 5.74) is -0.627. The normalized spacial score (nSPS) is 14.4. The van der Waals surface area contributed by atoms with Crippen molar-refractivity contribution < 1.29 is 19.4 Å². The molecule has 0 aromatic carbocycles. The highest BCUT2D eigenvalue weighted by atomic mass is 32.2. The van der Waals surface area contributed by atoms with Gasteiger partial charge in [0.2, 0.25) is 0 Å². The molecule has 0 aliphatic heterocycles. The van der Waals surface area contributed by atoms with Crippen LogP contribution in [0.5, 0.6) is 0 Å². The van der Waals surface area contributed by atoms with E-state index in [1.165, 1.54) is 0 Å². The Morgan fingerprint density at radius 2 is 1.95 bits per heavy atom. The van der Waals surface area contributed by atoms with Gasteiger partial charge in [0.1, 0.15) is 11.6 Å². The predicted molar refractivity (Wildman–Crippen MR) is 82.2 cm³/mol. The van der Waals surface area contributed by atoms with Crippen LogP contribution in [0.2, 0.25) is 0 Å². The first-order chi connectivity index (χ1) is 9.15. The van der Waals surface area contributed by atoms with Crippen LogP contribution in [0.15, 0.2) is 0 Å². The second-order valence-electron chi connectivity index (χ2n) is 5.91. The van der Waals surface area contributed by atoms with Crippen molar-refractivity contribution in [2.75, 3.05) is 11.5 Å². The van der Waals surface area contributed by atoms with Gasteiger partial charge in [0.25, 0.3) is 0 Å². The van der Waals surface area contributed by atoms with Gasteiger partial charge in [0.15, 0.2) is 0 Å². The highest BCUT2D eigenvalue weighted by Crippen LogP contribution is 2.13. The van der Waals surface area contributed by atoms with E-state index in [1.54, 1.807) is 32.5 Å². The minimum atomic E-state index is -1.03. The molecule has 0 aliphatic rings. The third kappa shape index (κ3) is 9.95. The van der Waals surface area contributed by atoms with Gasteiger partial charge in [0, 0.05) is 0 Å². The van der Waals surface area contributed by atoms with E-state index in [0.717, 1.165) is 12.2 Å². The third-order valence-electron chi connectivity index (χ3n) is 2.64. The quantitative estimate of drug-likeness (QED) is 0.674. The van der Waals surface area contributed by atoms with Gasteiger partial charge in [0.05, 0.1) is 0 Å². The minimum absolute atomic E-state index is 0.398. The van der Waals surface area contributed by atoms with Crippen LogP contribution in [-0.4, -0.2) is 40.3 Å². The first-order valence-corrected chi connectivity index (χ1v) is 8.11. The molecule has 5 nitrogen and oxygen atoms in total. The van der Waals surface area contributed by atoms with Gasteiger partial charge in [-0.2, -0.15) is 11.8 Å². The molecule has 6 heteroatoms. The predicted octanol–water partition coefficient (Wildman–Crippen LogP) is 3.13. The molecule has 0 rings (SSSR count). The summed E-state index contributed by atoms with van der Waals surface area (Å²) in [6.07, 6.45) is 0.832. The summed E-state index contributed by atoms with van der Waals surface area (Å²) in [5, 5.41) is 11.5. The molecule has 20 heavy (non-hydrogen) atoms. The Bertz CT molecular complexity index is 315. The van der Waals surface area contributed by atoms with E-state index >= 15 is 0 Å². The van der Waals surface area contributed by atoms with Crippen molar-refractivity contribution in [2.45, 2.75) is 59.1 Å². The van der Waals surface area contributed by atoms with Gasteiger partial charge in [-0.15, -0.1) is 0 Å². The molecule has 0 spiro atoms. The Morgan fingerprint density at radius 3 is 2.40 bits per heavy atom. The van der Waals surface area contributed by atoms with Crippen molar-refractivity contribution in [2.24, 2.45) is 5.92 Å². The standard InChI is InChI=1S/C14H27NO4S/c1-6-10(2)9-20-8-7-11(12(16)17)15-13(18)19-14(3,4)5/h10-11H,6-9H2,1-5H3,(H,15,18)(H,16,17). The lowest BCUT2D eigenvalue weighted by Crippen LogP contribution is -2.43. The molecule has 0 aliphatic carbocycles. The number of alkyl carbamates (subject to hydrolysis) is 1. The smallest absolute Gasteiger partial charge is 0.408 e. The largest absolute Gasteiger partial charge is 0.480 e. The third-order valence-corrected chi connectivity index (χ3v) is 3.97. The summed E-state index contributed by atoms with van der Waals surface area (Å²) in [6, 6.07) is -0.894. The number of amides is 1. The molecule has 0 saturated heterocycles. The number of rotatable bonds is 8. The second-order valence-corrected chi connectivity index (χ2v) is 7.06. The Morgan fingerprint density at radius 1 is 1.35 bits per heavy atom. The van der Waals surface area contributed by atoms with E-state index in [2.05, 4.69) is 19.2 Å². The molecule has 0 bridgehead atoms. The van der Waals surface area contributed by atoms with Crippen molar-refractivity contribution in [1.82, 2.24) is 5.32 Å². The van der Waals surface area contributed by atoms with Crippen LogP contribution in [0.4, 0.5) is 4.79 Å². The molecule has 0 heterocycles. The molecule has 1 amide bonds. The molecular formula is C14H27NO4S. The Balaban J connectivity index is 4.11. The summed E-state index contributed by atoms with van der Waals surface area (Å²) in [5.74, 6) is 1.31. The molecule has 0 radical (unpaired) electrons. The molecule has 2 unspecified atom stereocenters. The van der Waals surface area contributed by atoms with Crippen LogP contribution >= 0.6 is 11.8 Å². The average Bonchev–Trinajstić information content (AvgIpc) is 2.29. The fourth-order valence-electron chi connectivity index (χ4n) is 1.31. The van der Waals surface area contributed by atoms with Crippen LogP contribution in [0.3, 0.4) is 0 Å². The van der Waals surface area contributed by atoms with Crippen LogP contribution in [0.1, 0.15) is 47.5 Å². The number of thioether (sulfide) groups is 1. The number of hydrogen-bond acceptors (Lipinski definition) is 4. The lowest BCUT2D eigenvalue weighted by Gasteiger charge is -2.22. The van der Waals surface area contributed by atoms with Crippen LogP contribution in [0, 0.1) is 5.92 Å². The van der Waals surface area contributed by atoms with Gasteiger partial charge < -0.3 is 15.2 Å². The first kappa shape index (κ1) is 19.1. The number of nitrogens with one attached hydrogen (secondary N) is 1. The molecule has 2 N–H and O–H groups in total. The summed E-state index contributed by atoms with van der Waals surface area (Å²) in [4.78, 5) is 22.7. The van der Waals surface area contributed by atoms with Gasteiger partial charge >= 0.3 is 12.1 Å². The maximum Gasteiger partial charge on any atom is 0.408 e. The molecule has 0 saturated carbocycles. The lowest BCUT2D eigenvalue weighted by atomic mass is 10.2. The Hall–Kier alpha value is -0.910. The van der Waals surface area contributed by atoms with Crippen molar-refractivity contribution in [3.63, 3.8) is 0 Å². The zero-order valence-electron chi connectivity index (χ0n) is 13.1. The topological polar surface area (TPSA) is 75.6 Å². The minimum Gasteiger partial charge on any atom is -0.480 e. The van der Waals surface area contributed by atoms with Crippen molar-refractivity contribution >= 4 is 23.8 Å². The van der Waals surface area contributed by atoms with Crippen molar-refractivity contribution in [3.05, 3.63) is 0 Å². The first-order valence-electron chi connectivity index (χ1n) is 6.95. The van der Waals surface area contributed by atoms with Gasteiger partial charge in [-0.3, -0.25) is 0 Å². The van der Waals surface area contributed by atoms with Gasteiger partial charge in [-0.05, 0) is 44.6 Å². The van der Waals surface area contributed by atoms with Crippen molar-refractivity contribution in [3.8, 4) is 0 Å². The van der Waals surface area contributed by atoms with Crippen LogP contribution in [-0.2, 0) is 9.53 Å². The highest BCUT2D eigenvalue weighted by Gasteiger charge is 2.23. The zero-order valence-corrected chi connectivity index (χ0v) is 13.9. The second kappa shape index (κ2) is 9.10. The monoisotopic (exact) mass is 305 g/mol. The summed E-state index contributed by atoms with van der Waals surface area (Å²) >= 11 is 1.72. The zero-order chi connectivity index (χ0) is 15.8. The fraction of sp³-hybridized carbons (Fsp3) is 0.857. The number of hydrogen-bond donors (Lipinski definition) is 2.